The minimum Gasteiger partial charge on any atom is -0.288 e. The number of nitro benzene ring substituents is 1. The fraction of sp³-hybridized carbons (Fsp3) is 0.111. The predicted molar refractivity (Wildman–Crippen MR) is 60.5 cm³/mol. The van der Waals surface area contributed by atoms with Crippen LogP contribution in [-0.2, 0) is 6.18 Å². The second kappa shape index (κ2) is 4.68. The highest BCUT2D eigenvalue weighted by molar-refractivity contribution is 7.20. The number of halogens is 3. The third kappa shape index (κ3) is 2.28. The Kier molecular flexibility index (Phi) is 3.31. The van der Waals surface area contributed by atoms with Gasteiger partial charge in [0, 0.05) is 0 Å². The largest absolute Gasteiger partial charge is 0.423 e. The lowest BCUT2D eigenvalue weighted by Crippen LogP contribution is -2.18. The molecular formula is C9H4F3N3O4S. The molecule has 0 aliphatic rings. The zero-order chi connectivity index (χ0) is 15.1. The van der Waals surface area contributed by atoms with Crippen LogP contribution in [0.1, 0.15) is 15.4 Å². The molecule has 0 bridgehead atoms. The Morgan fingerprint density at radius 2 is 2.10 bits per heavy atom. The maximum atomic E-state index is 12.7. The highest BCUT2D eigenvalue weighted by Crippen LogP contribution is 2.41. The smallest absolute Gasteiger partial charge is 0.288 e. The summed E-state index contributed by atoms with van der Waals surface area (Å²) in [6.45, 7) is 0. The van der Waals surface area contributed by atoms with E-state index in [-0.39, 0.29) is 9.71 Å². The molecule has 0 spiro atoms. The summed E-state index contributed by atoms with van der Waals surface area (Å²) in [4.78, 5) is 24.3. The Labute approximate surface area is 111 Å². The lowest BCUT2D eigenvalue weighted by Gasteiger charge is -2.06. The zero-order valence-corrected chi connectivity index (χ0v) is 10.1. The molecule has 2 rings (SSSR count). The van der Waals surface area contributed by atoms with E-state index in [9.17, 15) is 28.1 Å². The summed E-state index contributed by atoms with van der Waals surface area (Å²) in [5.74, 6) is -1.06. The van der Waals surface area contributed by atoms with Crippen LogP contribution in [0.25, 0.3) is 10.2 Å². The van der Waals surface area contributed by atoms with E-state index in [4.69, 9.17) is 5.21 Å². The molecule has 20 heavy (non-hydrogen) atoms. The highest BCUT2D eigenvalue weighted by atomic mass is 32.1. The summed E-state index contributed by atoms with van der Waals surface area (Å²) in [7, 11) is 0. The number of hydrogen-bond acceptors (Lipinski definition) is 6. The van der Waals surface area contributed by atoms with Crippen LogP contribution < -0.4 is 5.48 Å². The lowest BCUT2D eigenvalue weighted by molar-refractivity contribution is -0.386. The Balaban J connectivity index is 2.78. The van der Waals surface area contributed by atoms with Gasteiger partial charge in [-0.1, -0.05) is 0 Å². The fourth-order valence-electron chi connectivity index (χ4n) is 1.54. The molecule has 1 amide bonds. The van der Waals surface area contributed by atoms with Crippen molar-refractivity contribution in [1.82, 2.24) is 10.5 Å². The number of benzene rings is 1. The third-order valence-electron chi connectivity index (χ3n) is 2.32. The first-order valence-electron chi connectivity index (χ1n) is 4.85. The van der Waals surface area contributed by atoms with E-state index in [1.807, 2.05) is 0 Å². The van der Waals surface area contributed by atoms with Crippen LogP contribution in [0.5, 0.6) is 0 Å². The Morgan fingerprint density at radius 3 is 2.60 bits per heavy atom. The van der Waals surface area contributed by atoms with Gasteiger partial charge < -0.3 is 0 Å². The van der Waals surface area contributed by atoms with Gasteiger partial charge in [0.1, 0.15) is 5.56 Å². The van der Waals surface area contributed by atoms with Gasteiger partial charge in [0.05, 0.1) is 9.62 Å². The quantitative estimate of drug-likeness (QED) is 0.503. The van der Waals surface area contributed by atoms with E-state index < -0.39 is 33.8 Å². The van der Waals surface area contributed by atoms with E-state index in [2.05, 4.69) is 4.98 Å². The molecule has 0 aliphatic heterocycles. The monoisotopic (exact) mass is 307 g/mol. The summed E-state index contributed by atoms with van der Waals surface area (Å²) >= 11 is 0.626. The van der Waals surface area contributed by atoms with E-state index in [0.29, 0.717) is 17.4 Å². The van der Waals surface area contributed by atoms with Gasteiger partial charge in [0.2, 0.25) is 0 Å². The summed E-state index contributed by atoms with van der Waals surface area (Å²) in [5, 5.41) is 18.9. The fourth-order valence-corrected chi connectivity index (χ4v) is 2.40. The number of thiazole rings is 1. The first-order valence-corrected chi connectivity index (χ1v) is 5.67. The normalized spacial score (nSPS) is 11.6. The maximum absolute atomic E-state index is 12.7. The summed E-state index contributed by atoms with van der Waals surface area (Å²) in [6.07, 6.45) is -4.92. The molecule has 0 fully saturated rings. The minimum absolute atomic E-state index is 0.0308. The number of alkyl halides is 3. The van der Waals surface area contributed by atoms with Crippen molar-refractivity contribution < 1.29 is 28.1 Å². The van der Waals surface area contributed by atoms with Crippen molar-refractivity contribution in [2.45, 2.75) is 6.18 Å². The van der Waals surface area contributed by atoms with E-state index in [1.54, 1.807) is 0 Å². The number of carbonyl (C=O) groups excluding carboxylic acids is 1. The molecule has 0 unspecified atom stereocenters. The number of hydrogen-bond donors (Lipinski definition) is 2. The van der Waals surface area contributed by atoms with Crippen molar-refractivity contribution in [3.8, 4) is 0 Å². The molecule has 106 valence electrons. The number of amides is 1. The molecule has 7 nitrogen and oxygen atoms in total. The van der Waals surface area contributed by atoms with Crippen LogP contribution in [0.3, 0.4) is 0 Å². The van der Waals surface area contributed by atoms with Crippen molar-refractivity contribution in [3.63, 3.8) is 0 Å². The molecule has 2 N–H and O–H groups in total. The first-order chi connectivity index (χ1) is 9.25. The molecule has 0 atom stereocenters. The minimum atomic E-state index is -4.92. The number of nitrogens with one attached hydrogen (secondary N) is 1. The van der Waals surface area contributed by atoms with Gasteiger partial charge in [0.25, 0.3) is 0 Å². The Hall–Kier alpha value is -2.27. The molecule has 0 aliphatic carbocycles. The van der Waals surface area contributed by atoms with Crippen molar-refractivity contribution in [1.29, 1.82) is 0 Å². The highest BCUT2D eigenvalue weighted by Gasteiger charge is 2.40. The number of rotatable bonds is 2. The maximum Gasteiger partial charge on any atom is 0.423 e. The molecule has 2 aromatic rings. The van der Waals surface area contributed by atoms with Gasteiger partial charge in [-0.2, -0.15) is 13.2 Å². The van der Waals surface area contributed by atoms with Crippen molar-refractivity contribution in [2.75, 3.05) is 0 Å². The van der Waals surface area contributed by atoms with Crippen LogP contribution in [0.4, 0.5) is 18.9 Å². The Morgan fingerprint density at radius 1 is 1.45 bits per heavy atom. The van der Waals surface area contributed by atoms with Crippen LogP contribution in [0.2, 0.25) is 0 Å². The van der Waals surface area contributed by atoms with Gasteiger partial charge in [-0.05, 0) is 12.1 Å². The van der Waals surface area contributed by atoms with E-state index >= 15 is 0 Å². The molecule has 1 heterocycles. The number of fused-ring (bicyclic) bond motifs is 1. The van der Waals surface area contributed by atoms with Crippen molar-refractivity contribution >= 4 is 33.1 Å². The molecule has 0 radical (unpaired) electrons. The third-order valence-corrected chi connectivity index (χ3v) is 3.34. The van der Waals surface area contributed by atoms with Gasteiger partial charge in [-0.3, -0.25) is 20.1 Å². The van der Waals surface area contributed by atoms with E-state index in [0.717, 1.165) is 6.07 Å². The summed E-state index contributed by atoms with van der Waals surface area (Å²) in [6, 6.07) is 1.54. The van der Waals surface area contributed by atoms with Crippen molar-refractivity contribution in [3.05, 3.63) is 32.8 Å². The van der Waals surface area contributed by atoms with Crippen LogP contribution in [0, 0.1) is 10.1 Å². The van der Waals surface area contributed by atoms with Gasteiger partial charge in [-0.25, -0.2) is 10.5 Å². The van der Waals surface area contributed by atoms with Crippen LogP contribution >= 0.6 is 11.3 Å². The van der Waals surface area contributed by atoms with Gasteiger partial charge >= 0.3 is 17.8 Å². The summed E-state index contributed by atoms with van der Waals surface area (Å²) < 4.78 is 38.2. The number of hydroxylamine groups is 1. The number of aromatic nitrogens is 1. The molecule has 1 aromatic carbocycles. The standard InChI is InChI=1S/C9H4F3N3O4S/c10-9(11,12)3-1-2-4-5(6(3)15(18)19)13-8(20-4)7(16)14-17/h1-2,17H,(H,14,16). The second-order valence-corrected chi connectivity index (χ2v) is 4.55. The molecular weight excluding hydrogens is 303 g/mol. The number of carbonyl (C=O) groups is 1. The molecule has 11 heteroatoms. The van der Waals surface area contributed by atoms with E-state index in [1.165, 1.54) is 5.48 Å². The van der Waals surface area contributed by atoms with Gasteiger partial charge in [0.15, 0.2) is 10.5 Å². The Bertz CT molecular complexity index is 712. The SMILES string of the molecule is O=C(NO)c1nc2c([N+](=O)[O-])c(C(F)(F)F)ccc2s1. The van der Waals surface area contributed by atoms with Crippen LogP contribution in [0.15, 0.2) is 12.1 Å². The lowest BCUT2D eigenvalue weighted by atomic mass is 10.1. The number of nitro groups is 1. The molecule has 0 saturated carbocycles. The van der Waals surface area contributed by atoms with Crippen LogP contribution in [-0.4, -0.2) is 21.0 Å². The second-order valence-electron chi connectivity index (χ2n) is 3.52. The topological polar surface area (TPSA) is 105 Å². The van der Waals surface area contributed by atoms with Crippen molar-refractivity contribution in [2.24, 2.45) is 0 Å². The zero-order valence-electron chi connectivity index (χ0n) is 9.26. The molecule has 1 aromatic heterocycles. The first kappa shape index (κ1) is 14.1. The summed E-state index contributed by atoms with van der Waals surface area (Å²) in [5.41, 5.74) is -1.96. The average molecular weight is 307 g/mol. The average Bonchev–Trinajstić information content (AvgIpc) is 2.78. The molecule has 0 saturated heterocycles. The number of nitrogens with zero attached hydrogens (tertiary/aromatic N) is 2. The van der Waals surface area contributed by atoms with Gasteiger partial charge in [-0.15, -0.1) is 11.3 Å². The predicted octanol–water partition coefficient (Wildman–Crippen LogP) is 2.34.